The summed E-state index contributed by atoms with van der Waals surface area (Å²) in [6.45, 7) is 1.54. The molecule has 108 valence electrons. The Morgan fingerprint density at radius 1 is 1.30 bits per heavy atom. The summed E-state index contributed by atoms with van der Waals surface area (Å²) in [5, 5.41) is 2.87. The first-order chi connectivity index (χ1) is 9.63. The lowest BCUT2D eigenvalue weighted by Gasteiger charge is -2.49. The van der Waals surface area contributed by atoms with Gasteiger partial charge in [0.05, 0.1) is 0 Å². The van der Waals surface area contributed by atoms with E-state index in [0.29, 0.717) is 18.1 Å². The molecule has 2 heterocycles. The van der Waals surface area contributed by atoms with Crippen LogP contribution in [0.3, 0.4) is 0 Å². The van der Waals surface area contributed by atoms with E-state index < -0.39 is 0 Å². The first-order valence-corrected chi connectivity index (χ1v) is 7.55. The van der Waals surface area contributed by atoms with Crippen molar-refractivity contribution in [3.8, 4) is 0 Å². The van der Waals surface area contributed by atoms with E-state index in [1.807, 2.05) is 12.1 Å². The van der Waals surface area contributed by atoms with Gasteiger partial charge in [0.25, 0.3) is 0 Å². The van der Waals surface area contributed by atoms with Crippen molar-refractivity contribution < 1.29 is 4.79 Å². The molecule has 2 atom stereocenters. The third kappa shape index (κ3) is 2.66. The molecule has 0 aliphatic carbocycles. The van der Waals surface area contributed by atoms with Gasteiger partial charge < -0.3 is 16.0 Å². The number of hydrogen-bond donors (Lipinski definition) is 2. The van der Waals surface area contributed by atoms with Crippen molar-refractivity contribution in [3.63, 3.8) is 0 Å². The molecule has 4 heteroatoms. The molecule has 1 aromatic carbocycles. The molecule has 4 nitrogen and oxygen atoms in total. The Morgan fingerprint density at radius 3 is 2.65 bits per heavy atom. The van der Waals surface area contributed by atoms with Crippen molar-refractivity contribution >= 4 is 17.3 Å². The van der Waals surface area contributed by atoms with Crippen molar-refractivity contribution in [2.45, 2.75) is 57.2 Å². The normalized spacial score (nSPS) is 29.1. The summed E-state index contributed by atoms with van der Waals surface area (Å²) in [5.74, 6) is -0.0250. The second-order valence-corrected chi connectivity index (χ2v) is 6.11. The topological polar surface area (TPSA) is 58.4 Å². The van der Waals surface area contributed by atoms with Crippen molar-refractivity contribution in [1.29, 1.82) is 0 Å². The minimum absolute atomic E-state index is 0.0250. The molecule has 2 fully saturated rings. The quantitative estimate of drug-likeness (QED) is 0.870. The van der Waals surface area contributed by atoms with E-state index in [1.54, 1.807) is 6.92 Å². The van der Waals surface area contributed by atoms with Crippen molar-refractivity contribution in [3.05, 3.63) is 24.3 Å². The fraction of sp³-hybridized carbons (Fsp3) is 0.562. The van der Waals surface area contributed by atoms with Crippen LogP contribution < -0.4 is 16.0 Å². The maximum Gasteiger partial charge on any atom is 0.221 e. The molecule has 0 saturated carbocycles. The maximum atomic E-state index is 11.2. The molecule has 1 aromatic rings. The molecular formula is C16H23N3O. The number of piperidine rings is 2. The first-order valence-electron chi connectivity index (χ1n) is 7.55. The largest absolute Gasteiger partial charge is 0.365 e. The molecule has 3 N–H and O–H groups in total. The molecule has 2 aliphatic heterocycles. The SMILES string of the molecule is CC(=O)Nc1cccc(N2C3CCCC2CC(N)C3)c1. The van der Waals surface area contributed by atoms with Crippen LogP contribution in [0.5, 0.6) is 0 Å². The Hall–Kier alpha value is -1.55. The van der Waals surface area contributed by atoms with Crippen LogP contribution in [0.1, 0.15) is 39.0 Å². The number of nitrogens with zero attached hydrogens (tertiary/aromatic N) is 1. The number of nitrogens with one attached hydrogen (secondary N) is 1. The van der Waals surface area contributed by atoms with Crippen LogP contribution in [0, 0.1) is 0 Å². The van der Waals surface area contributed by atoms with E-state index in [1.165, 1.54) is 24.9 Å². The van der Waals surface area contributed by atoms with Gasteiger partial charge >= 0.3 is 0 Å². The molecule has 0 spiro atoms. The number of benzene rings is 1. The van der Waals surface area contributed by atoms with E-state index >= 15 is 0 Å². The minimum Gasteiger partial charge on any atom is -0.365 e. The highest BCUT2D eigenvalue weighted by atomic mass is 16.1. The zero-order chi connectivity index (χ0) is 14.1. The van der Waals surface area contributed by atoms with Crippen LogP contribution in [-0.4, -0.2) is 24.0 Å². The third-order valence-corrected chi connectivity index (χ3v) is 4.48. The summed E-state index contributed by atoms with van der Waals surface area (Å²) >= 11 is 0. The predicted octanol–water partition coefficient (Wildman–Crippen LogP) is 2.49. The van der Waals surface area contributed by atoms with E-state index in [-0.39, 0.29) is 5.91 Å². The van der Waals surface area contributed by atoms with Crippen LogP contribution in [0.2, 0.25) is 0 Å². The van der Waals surface area contributed by atoms with Gasteiger partial charge in [-0.3, -0.25) is 4.79 Å². The number of rotatable bonds is 2. The van der Waals surface area contributed by atoms with Gasteiger partial charge in [-0.1, -0.05) is 6.07 Å². The van der Waals surface area contributed by atoms with Crippen LogP contribution in [0.25, 0.3) is 0 Å². The molecule has 2 bridgehead atoms. The molecule has 2 saturated heterocycles. The first kappa shape index (κ1) is 13.4. The Kier molecular flexibility index (Phi) is 3.66. The lowest BCUT2D eigenvalue weighted by Crippen LogP contribution is -2.55. The number of nitrogens with two attached hydrogens (primary N) is 1. The van der Waals surface area contributed by atoms with E-state index in [9.17, 15) is 4.79 Å². The molecule has 0 aromatic heterocycles. The molecule has 1 amide bonds. The highest BCUT2D eigenvalue weighted by molar-refractivity contribution is 5.89. The average Bonchev–Trinajstić information content (AvgIpc) is 2.37. The Labute approximate surface area is 120 Å². The van der Waals surface area contributed by atoms with Crippen molar-refractivity contribution in [2.75, 3.05) is 10.2 Å². The van der Waals surface area contributed by atoms with Crippen molar-refractivity contribution in [1.82, 2.24) is 0 Å². The number of hydrogen-bond acceptors (Lipinski definition) is 3. The lowest BCUT2D eigenvalue weighted by molar-refractivity contribution is -0.114. The fourth-order valence-corrected chi connectivity index (χ4v) is 3.79. The molecule has 2 unspecified atom stereocenters. The van der Waals surface area contributed by atoms with E-state index in [2.05, 4.69) is 22.3 Å². The Bertz CT molecular complexity index is 488. The average molecular weight is 273 g/mol. The van der Waals surface area contributed by atoms with Gasteiger partial charge in [-0.15, -0.1) is 0 Å². The van der Waals surface area contributed by atoms with Crippen LogP contribution in [-0.2, 0) is 4.79 Å². The van der Waals surface area contributed by atoms with Gasteiger partial charge in [-0.05, 0) is 50.3 Å². The van der Waals surface area contributed by atoms with E-state index in [0.717, 1.165) is 18.5 Å². The molecule has 3 rings (SSSR count). The number of anilines is 2. The third-order valence-electron chi connectivity index (χ3n) is 4.48. The number of amides is 1. The van der Waals surface area contributed by atoms with Crippen LogP contribution in [0.15, 0.2) is 24.3 Å². The van der Waals surface area contributed by atoms with Gasteiger partial charge in [-0.2, -0.15) is 0 Å². The number of carbonyl (C=O) groups excluding carboxylic acids is 1. The minimum atomic E-state index is -0.0250. The predicted molar refractivity (Wildman–Crippen MR) is 81.9 cm³/mol. The van der Waals surface area contributed by atoms with Gasteiger partial charge in [0, 0.05) is 36.4 Å². The molecular weight excluding hydrogens is 250 g/mol. The summed E-state index contributed by atoms with van der Waals surface area (Å²) in [7, 11) is 0. The van der Waals surface area contributed by atoms with Crippen LogP contribution in [0.4, 0.5) is 11.4 Å². The fourth-order valence-electron chi connectivity index (χ4n) is 3.79. The zero-order valence-corrected chi connectivity index (χ0v) is 12.0. The monoisotopic (exact) mass is 273 g/mol. The zero-order valence-electron chi connectivity index (χ0n) is 12.0. The van der Waals surface area contributed by atoms with Gasteiger partial charge in [0.2, 0.25) is 5.91 Å². The second kappa shape index (κ2) is 5.44. The maximum absolute atomic E-state index is 11.2. The number of fused-ring (bicyclic) bond motifs is 2. The number of carbonyl (C=O) groups is 1. The Morgan fingerprint density at radius 2 is 2.00 bits per heavy atom. The standard InChI is InChI=1S/C16H23N3O/c1-11(20)18-13-4-2-5-16(10-13)19-14-6-3-7-15(19)9-12(17)8-14/h2,4-5,10,12,14-15H,3,6-9,17H2,1H3,(H,18,20). The molecule has 2 aliphatic rings. The summed E-state index contributed by atoms with van der Waals surface area (Å²) in [4.78, 5) is 13.7. The highest BCUT2D eigenvalue weighted by Crippen LogP contribution is 2.37. The molecule has 0 radical (unpaired) electrons. The smallest absolute Gasteiger partial charge is 0.221 e. The van der Waals surface area contributed by atoms with Gasteiger partial charge in [-0.25, -0.2) is 0 Å². The lowest BCUT2D eigenvalue weighted by atomic mass is 9.81. The second-order valence-electron chi connectivity index (χ2n) is 6.11. The van der Waals surface area contributed by atoms with Crippen molar-refractivity contribution in [2.24, 2.45) is 5.73 Å². The van der Waals surface area contributed by atoms with Crippen LogP contribution >= 0.6 is 0 Å². The highest BCUT2D eigenvalue weighted by Gasteiger charge is 2.37. The summed E-state index contributed by atoms with van der Waals surface area (Å²) in [6, 6.07) is 9.66. The molecule has 20 heavy (non-hydrogen) atoms. The Balaban J connectivity index is 1.86. The summed E-state index contributed by atoms with van der Waals surface area (Å²) in [6.07, 6.45) is 5.94. The van der Waals surface area contributed by atoms with Gasteiger partial charge in [0.1, 0.15) is 0 Å². The summed E-state index contributed by atoms with van der Waals surface area (Å²) in [5.41, 5.74) is 8.28. The summed E-state index contributed by atoms with van der Waals surface area (Å²) < 4.78 is 0. The van der Waals surface area contributed by atoms with E-state index in [4.69, 9.17) is 5.73 Å². The van der Waals surface area contributed by atoms with Gasteiger partial charge in [0.15, 0.2) is 0 Å².